The highest BCUT2D eigenvalue weighted by Crippen LogP contribution is 2.19. The molecule has 1 aliphatic rings. The van der Waals surface area contributed by atoms with Crippen LogP contribution in [0.4, 0.5) is 0 Å². The summed E-state index contributed by atoms with van der Waals surface area (Å²) >= 11 is 0. The van der Waals surface area contributed by atoms with Crippen LogP contribution in [-0.2, 0) is 20.6 Å². The summed E-state index contributed by atoms with van der Waals surface area (Å²) in [6.45, 7) is 7.19. The topological polar surface area (TPSA) is 89.2 Å². The van der Waals surface area contributed by atoms with E-state index in [9.17, 15) is 14.4 Å². The minimum Gasteiger partial charge on any atom is -0.352 e. The van der Waals surface area contributed by atoms with E-state index in [-0.39, 0.29) is 22.5 Å². The lowest BCUT2D eigenvalue weighted by Gasteiger charge is -2.17. The fourth-order valence-electron chi connectivity index (χ4n) is 4.37. The molecule has 0 spiro atoms. The van der Waals surface area contributed by atoms with Gasteiger partial charge in [0, 0.05) is 39.4 Å². The van der Waals surface area contributed by atoms with Crippen LogP contribution in [0.2, 0.25) is 0 Å². The second-order valence-electron chi connectivity index (χ2n) is 8.80. The van der Waals surface area contributed by atoms with Gasteiger partial charge in [-0.3, -0.25) is 23.6 Å². The number of carbonyl (C=O) groups excluding carboxylic acids is 1. The Balaban J connectivity index is 1.47. The van der Waals surface area contributed by atoms with Gasteiger partial charge in [0.1, 0.15) is 5.65 Å². The standard InChI is InChI=1S/C24H29N5O3/c1-15-5-7-17(8-6-15)13-29-10-9-18(14-29)12-25-22(30)19-11-16(2)26-21-20(19)23(31)28(4)24(32)27(21)3/h5-8,11,18H,9-10,12-14H2,1-4H3,(H,25,30). The van der Waals surface area contributed by atoms with E-state index in [4.69, 9.17) is 0 Å². The summed E-state index contributed by atoms with van der Waals surface area (Å²) in [6, 6.07) is 10.2. The molecule has 0 aliphatic carbocycles. The Hall–Kier alpha value is -3.26. The van der Waals surface area contributed by atoms with Crippen LogP contribution >= 0.6 is 0 Å². The summed E-state index contributed by atoms with van der Waals surface area (Å²) in [5.41, 5.74) is 2.64. The minimum absolute atomic E-state index is 0.171. The number of benzene rings is 1. The Labute approximate surface area is 186 Å². The number of rotatable bonds is 5. The molecule has 1 atom stereocenters. The largest absolute Gasteiger partial charge is 0.352 e. The van der Waals surface area contributed by atoms with Crippen LogP contribution in [0, 0.1) is 19.8 Å². The Kier molecular flexibility index (Phi) is 5.97. The van der Waals surface area contributed by atoms with E-state index < -0.39 is 11.2 Å². The molecule has 0 saturated carbocycles. The van der Waals surface area contributed by atoms with Crippen molar-refractivity contribution in [3.8, 4) is 0 Å². The van der Waals surface area contributed by atoms with Crippen molar-refractivity contribution in [1.29, 1.82) is 0 Å². The van der Waals surface area contributed by atoms with Gasteiger partial charge in [0.15, 0.2) is 0 Å². The molecule has 8 nitrogen and oxygen atoms in total. The molecular weight excluding hydrogens is 406 g/mol. The number of nitrogens with one attached hydrogen (secondary N) is 1. The molecule has 8 heteroatoms. The van der Waals surface area contributed by atoms with Crippen LogP contribution < -0.4 is 16.6 Å². The van der Waals surface area contributed by atoms with E-state index in [2.05, 4.69) is 46.4 Å². The van der Waals surface area contributed by atoms with Gasteiger partial charge in [-0.05, 0) is 44.4 Å². The van der Waals surface area contributed by atoms with Gasteiger partial charge in [0.05, 0.1) is 10.9 Å². The normalized spacial score (nSPS) is 16.6. The number of fused-ring (bicyclic) bond motifs is 1. The van der Waals surface area contributed by atoms with Crippen molar-refractivity contribution in [1.82, 2.24) is 24.3 Å². The smallest absolute Gasteiger partial charge is 0.332 e. The number of hydrogen-bond acceptors (Lipinski definition) is 5. The molecule has 0 radical (unpaired) electrons. The third kappa shape index (κ3) is 4.23. The molecule has 168 valence electrons. The first-order valence-electron chi connectivity index (χ1n) is 10.9. The van der Waals surface area contributed by atoms with Crippen LogP contribution in [0.1, 0.15) is 33.6 Å². The van der Waals surface area contributed by atoms with Crippen molar-refractivity contribution in [2.45, 2.75) is 26.8 Å². The zero-order valence-electron chi connectivity index (χ0n) is 19.0. The maximum atomic E-state index is 13.0. The molecule has 32 heavy (non-hydrogen) atoms. The Morgan fingerprint density at radius 2 is 1.84 bits per heavy atom. The lowest BCUT2D eigenvalue weighted by Crippen LogP contribution is -2.39. The predicted octanol–water partition coefficient (Wildman–Crippen LogP) is 1.50. The van der Waals surface area contributed by atoms with Gasteiger partial charge >= 0.3 is 5.69 Å². The number of pyridine rings is 1. The first kappa shape index (κ1) is 22.0. The summed E-state index contributed by atoms with van der Waals surface area (Å²) in [4.78, 5) is 44.8. The maximum absolute atomic E-state index is 13.0. The van der Waals surface area contributed by atoms with Crippen LogP contribution in [0.25, 0.3) is 11.0 Å². The molecule has 3 aromatic rings. The molecule has 1 aliphatic heterocycles. The second-order valence-corrected chi connectivity index (χ2v) is 8.80. The Morgan fingerprint density at radius 3 is 2.56 bits per heavy atom. The van der Waals surface area contributed by atoms with Gasteiger partial charge < -0.3 is 5.32 Å². The number of hydrogen-bond donors (Lipinski definition) is 1. The molecule has 2 aromatic heterocycles. The van der Waals surface area contributed by atoms with Gasteiger partial charge in [0.2, 0.25) is 0 Å². The molecule has 1 amide bonds. The van der Waals surface area contributed by atoms with Crippen LogP contribution in [0.15, 0.2) is 39.9 Å². The van der Waals surface area contributed by atoms with E-state index in [0.717, 1.165) is 30.6 Å². The third-order valence-electron chi connectivity index (χ3n) is 6.23. The molecule has 3 heterocycles. The van der Waals surface area contributed by atoms with Crippen molar-refractivity contribution < 1.29 is 4.79 Å². The molecule has 1 saturated heterocycles. The second kappa shape index (κ2) is 8.70. The monoisotopic (exact) mass is 435 g/mol. The third-order valence-corrected chi connectivity index (χ3v) is 6.23. The average Bonchev–Trinajstić information content (AvgIpc) is 3.22. The number of amides is 1. The van der Waals surface area contributed by atoms with Crippen molar-refractivity contribution in [2.75, 3.05) is 19.6 Å². The summed E-state index contributed by atoms with van der Waals surface area (Å²) < 4.78 is 2.32. The predicted molar refractivity (Wildman–Crippen MR) is 124 cm³/mol. The van der Waals surface area contributed by atoms with Crippen molar-refractivity contribution in [3.63, 3.8) is 0 Å². The van der Waals surface area contributed by atoms with E-state index >= 15 is 0 Å². The Bertz CT molecular complexity index is 1290. The minimum atomic E-state index is -0.508. The summed E-state index contributed by atoms with van der Waals surface area (Å²) in [6.07, 6.45) is 1.01. The number of aryl methyl sites for hydroxylation is 3. The lowest BCUT2D eigenvalue weighted by atomic mass is 10.1. The first-order chi connectivity index (χ1) is 15.2. The summed E-state index contributed by atoms with van der Waals surface area (Å²) in [5.74, 6) is 0.0408. The first-order valence-corrected chi connectivity index (χ1v) is 10.9. The van der Waals surface area contributed by atoms with E-state index in [1.165, 1.54) is 22.7 Å². The molecule has 1 N–H and O–H groups in total. The summed E-state index contributed by atoms with van der Waals surface area (Å²) in [7, 11) is 2.96. The number of nitrogens with zero attached hydrogens (tertiary/aromatic N) is 4. The summed E-state index contributed by atoms with van der Waals surface area (Å²) in [5, 5.41) is 3.18. The maximum Gasteiger partial charge on any atom is 0.332 e. The average molecular weight is 436 g/mol. The van der Waals surface area contributed by atoms with Gasteiger partial charge in [0.25, 0.3) is 11.5 Å². The van der Waals surface area contributed by atoms with Gasteiger partial charge in [-0.25, -0.2) is 9.78 Å². The quantitative estimate of drug-likeness (QED) is 0.656. The SMILES string of the molecule is Cc1ccc(CN2CCC(CNC(=O)c3cc(C)nc4c3c(=O)n(C)c(=O)n4C)C2)cc1. The van der Waals surface area contributed by atoms with E-state index in [1.807, 2.05) is 0 Å². The van der Waals surface area contributed by atoms with E-state index in [0.29, 0.717) is 18.2 Å². The number of carbonyl (C=O) groups is 1. The van der Waals surface area contributed by atoms with Crippen molar-refractivity contribution in [2.24, 2.45) is 20.0 Å². The zero-order valence-corrected chi connectivity index (χ0v) is 19.0. The number of aromatic nitrogens is 3. The lowest BCUT2D eigenvalue weighted by molar-refractivity contribution is 0.0948. The highest BCUT2D eigenvalue weighted by Gasteiger charge is 2.24. The molecule has 1 unspecified atom stereocenters. The van der Waals surface area contributed by atoms with E-state index in [1.54, 1.807) is 20.0 Å². The Morgan fingerprint density at radius 1 is 1.12 bits per heavy atom. The van der Waals surface area contributed by atoms with Crippen molar-refractivity contribution >= 4 is 16.9 Å². The fourth-order valence-corrected chi connectivity index (χ4v) is 4.37. The van der Waals surface area contributed by atoms with Gasteiger partial charge in [-0.2, -0.15) is 0 Å². The van der Waals surface area contributed by atoms with Crippen LogP contribution in [0.5, 0.6) is 0 Å². The molecule has 4 rings (SSSR count). The highest BCUT2D eigenvalue weighted by molar-refractivity contribution is 6.05. The fraction of sp³-hybridized carbons (Fsp3) is 0.417. The molecule has 0 bridgehead atoms. The molecule has 1 fully saturated rings. The zero-order chi connectivity index (χ0) is 23.0. The highest BCUT2D eigenvalue weighted by atomic mass is 16.2. The molecular formula is C24H29N5O3. The number of likely N-dealkylation sites (tertiary alicyclic amines) is 1. The van der Waals surface area contributed by atoms with Crippen LogP contribution in [0.3, 0.4) is 0 Å². The van der Waals surface area contributed by atoms with Crippen molar-refractivity contribution in [3.05, 3.63) is 73.6 Å². The van der Waals surface area contributed by atoms with Gasteiger partial charge in [-0.1, -0.05) is 29.8 Å². The van der Waals surface area contributed by atoms with Gasteiger partial charge in [-0.15, -0.1) is 0 Å². The molecule has 1 aromatic carbocycles. The van der Waals surface area contributed by atoms with Crippen LogP contribution in [-0.4, -0.2) is 44.6 Å².